The third-order valence-electron chi connectivity index (χ3n) is 5.17. The summed E-state index contributed by atoms with van der Waals surface area (Å²) in [6, 6.07) is 7.43. The SMILES string of the molecule is CN(C)[C@@H]1C[C@@H](CO)N(C(=O)CCCn2cnc3ccccc3c2=O)C1. The zero-order chi connectivity index (χ0) is 18.7. The normalized spacial score (nSPS) is 20.2. The Hall–Kier alpha value is -2.25. The molecule has 1 amide bonds. The van der Waals surface area contributed by atoms with E-state index < -0.39 is 0 Å². The number of carbonyl (C=O) groups excluding carboxylic acids is 1. The van der Waals surface area contributed by atoms with Gasteiger partial charge in [-0.15, -0.1) is 0 Å². The number of carbonyl (C=O) groups is 1. The van der Waals surface area contributed by atoms with E-state index in [1.807, 2.05) is 32.3 Å². The van der Waals surface area contributed by atoms with Crippen LogP contribution in [-0.2, 0) is 11.3 Å². The lowest BCUT2D eigenvalue weighted by atomic mass is 10.1. The van der Waals surface area contributed by atoms with Gasteiger partial charge in [0.1, 0.15) is 0 Å². The molecule has 0 radical (unpaired) electrons. The second-order valence-electron chi connectivity index (χ2n) is 7.10. The van der Waals surface area contributed by atoms with Crippen molar-refractivity contribution in [2.24, 2.45) is 0 Å². The minimum Gasteiger partial charge on any atom is -0.394 e. The molecule has 1 fully saturated rings. The number of hydrogen-bond acceptors (Lipinski definition) is 5. The van der Waals surface area contributed by atoms with Gasteiger partial charge >= 0.3 is 0 Å². The van der Waals surface area contributed by atoms with Gasteiger partial charge in [0.2, 0.25) is 5.91 Å². The Bertz CT molecular complexity index is 833. The van der Waals surface area contributed by atoms with Gasteiger partial charge in [0.15, 0.2) is 0 Å². The highest BCUT2D eigenvalue weighted by molar-refractivity contribution is 5.77. The Labute approximate surface area is 152 Å². The first-order chi connectivity index (χ1) is 12.5. The van der Waals surface area contributed by atoms with Crippen molar-refractivity contribution in [1.29, 1.82) is 0 Å². The molecule has 2 heterocycles. The number of likely N-dealkylation sites (tertiary alicyclic amines) is 1. The summed E-state index contributed by atoms with van der Waals surface area (Å²) >= 11 is 0. The standard InChI is InChI=1S/C19H26N4O3/c1-21(2)14-10-15(12-24)23(11-14)18(25)8-5-9-22-13-20-17-7-4-3-6-16(17)19(22)26/h3-4,6-7,13-15,24H,5,8-12H2,1-2H3/t14-,15+/m1/s1. The number of aliphatic hydroxyl groups excluding tert-OH is 1. The lowest BCUT2D eigenvalue weighted by Crippen LogP contribution is -2.38. The Morgan fingerprint density at radius 3 is 2.85 bits per heavy atom. The molecule has 1 aliphatic rings. The Balaban J connectivity index is 1.60. The van der Waals surface area contributed by atoms with E-state index in [9.17, 15) is 14.7 Å². The average Bonchev–Trinajstić information content (AvgIpc) is 3.08. The topological polar surface area (TPSA) is 78.7 Å². The van der Waals surface area contributed by atoms with E-state index >= 15 is 0 Å². The van der Waals surface area contributed by atoms with E-state index in [4.69, 9.17) is 0 Å². The molecule has 3 rings (SSSR count). The quantitative estimate of drug-likeness (QED) is 0.822. The molecule has 2 aromatic rings. The van der Waals surface area contributed by atoms with E-state index in [2.05, 4.69) is 9.88 Å². The number of fused-ring (bicyclic) bond motifs is 1. The van der Waals surface area contributed by atoms with Crippen molar-refractivity contribution in [2.75, 3.05) is 27.2 Å². The van der Waals surface area contributed by atoms with E-state index in [0.717, 1.165) is 6.42 Å². The van der Waals surface area contributed by atoms with Gasteiger partial charge in [-0.2, -0.15) is 0 Å². The molecule has 0 unspecified atom stereocenters. The zero-order valence-corrected chi connectivity index (χ0v) is 15.3. The molecule has 1 aromatic heterocycles. The van der Waals surface area contributed by atoms with Crippen LogP contribution in [0.1, 0.15) is 19.3 Å². The molecule has 2 atom stereocenters. The summed E-state index contributed by atoms with van der Waals surface area (Å²) in [6.07, 6.45) is 3.27. The van der Waals surface area contributed by atoms with Crippen molar-refractivity contribution >= 4 is 16.8 Å². The number of aryl methyl sites for hydroxylation is 1. The fraction of sp³-hybridized carbons (Fsp3) is 0.526. The molecular formula is C19H26N4O3. The number of hydrogen-bond donors (Lipinski definition) is 1. The van der Waals surface area contributed by atoms with Crippen LogP contribution in [0.4, 0.5) is 0 Å². The molecule has 1 aromatic carbocycles. The predicted molar refractivity (Wildman–Crippen MR) is 99.9 cm³/mol. The second-order valence-corrected chi connectivity index (χ2v) is 7.10. The van der Waals surface area contributed by atoms with Gasteiger partial charge in [-0.1, -0.05) is 12.1 Å². The maximum absolute atomic E-state index is 12.6. The summed E-state index contributed by atoms with van der Waals surface area (Å²) in [5.74, 6) is 0.0372. The van der Waals surface area contributed by atoms with Gasteiger partial charge in [0.25, 0.3) is 5.56 Å². The van der Waals surface area contributed by atoms with Crippen molar-refractivity contribution < 1.29 is 9.90 Å². The molecule has 0 bridgehead atoms. The number of benzene rings is 1. The van der Waals surface area contributed by atoms with Gasteiger partial charge in [0.05, 0.1) is 29.9 Å². The van der Waals surface area contributed by atoms with Crippen molar-refractivity contribution in [2.45, 2.75) is 37.9 Å². The van der Waals surface area contributed by atoms with Crippen LogP contribution in [0.3, 0.4) is 0 Å². The molecule has 0 spiro atoms. The number of likely N-dealkylation sites (N-methyl/N-ethyl adjacent to an activating group) is 1. The maximum Gasteiger partial charge on any atom is 0.261 e. The minimum absolute atomic E-state index is 0.00979. The number of aromatic nitrogens is 2. The third kappa shape index (κ3) is 3.78. The molecule has 1 N–H and O–H groups in total. The number of rotatable bonds is 6. The van der Waals surface area contributed by atoms with Crippen molar-refractivity contribution in [3.63, 3.8) is 0 Å². The van der Waals surface area contributed by atoms with Crippen LogP contribution in [-0.4, -0.2) is 69.7 Å². The average molecular weight is 358 g/mol. The van der Waals surface area contributed by atoms with Crippen LogP contribution in [0.15, 0.2) is 35.4 Å². The summed E-state index contributed by atoms with van der Waals surface area (Å²) < 4.78 is 1.56. The van der Waals surface area contributed by atoms with Crippen molar-refractivity contribution in [3.05, 3.63) is 40.9 Å². The molecule has 7 heteroatoms. The number of amides is 1. The van der Waals surface area contributed by atoms with Crippen LogP contribution in [0.25, 0.3) is 10.9 Å². The van der Waals surface area contributed by atoms with E-state index in [1.54, 1.807) is 21.9 Å². The molecule has 7 nitrogen and oxygen atoms in total. The molecular weight excluding hydrogens is 332 g/mol. The van der Waals surface area contributed by atoms with E-state index in [0.29, 0.717) is 36.8 Å². The van der Waals surface area contributed by atoms with Crippen LogP contribution in [0.5, 0.6) is 0 Å². The lowest BCUT2D eigenvalue weighted by Gasteiger charge is -2.23. The summed E-state index contributed by atoms with van der Waals surface area (Å²) in [7, 11) is 3.98. The summed E-state index contributed by atoms with van der Waals surface area (Å²) in [5.41, 5.74) is 0.604. The Kier molecular flexibility index (Phi) is 5.68. The summed E-state index contributed by atoms with van der Waals surface area (Å²) in [4.78, 5) is 33.2. The van der Waals surface area contributed by atoms with E-state index in [-0.39, 0.29) is 30.2 Å². The molecule has 0 aliphatic carbocycles. The molecule has 1 saturated heterocycles. The highest BCUT2D eigenvalue weighted by Crippen LogP contribution is 2.21. The second kappa shape index (κ2) is 7.97. The molecule has 1 aliphatic heterocycles. The zero-order valence-electron chi connectivity index (χ0n) is 15.3. The number of para-hydroxylation sites is 1. The van der Waals surface area contributed by atoms with Gasteiger partial charge in [0, 0.05) is 25.6 Å². The maximum atomic E-state index is 12.6. The molecule has 26 heavy (non-hydrogen) atoms. The van der Waals surface area contributed by atoms with E-state index in [1.165, 1.54) is 0 Å². The minimum atomic E-state index is -0.111. The van der Waals surface area contributed by atoms with Crippen LogP contribution < -0.4 is 5.56 Å². The number of nitrogens with zero attached hydrogens (tertiary/aromatic N) is 4. The predicted octanol–water partition coefficient (Wildman–Crippen LogP) is 0.700. The van der Waals surface area contributed by atoms with Gasteiger partial charge < -0.3 is 14.9 Å². The highest BCUT2D eigenvalue weighted by Gasteiger charge is 2.35. The van der Waals surface area contributed by atoms with Crippen LogP contribution in [0, 0.1) is 0 Å². The van der Waals surface area contributed by atoms with Gasteiger partial charge in [-0.05, 0) is 39.1 Å². The van der Waals surface area contributed by atoms with Crippen molar-refractivity contribution in [3.8, 4) is 0 Å². The Morgan fingerprint density at radius 1 is 1.35 bits per heavy atom. The number of aliphatic hydroxyl groups is 1. The largest absolute Gasteiger partial charge is 0.394 e. The fourth-order valence-corrected chi connectivity index (χ4v) is 3.55. The first-order valence-corrected chi connectivity index (χ1v) is 9.02. The molecule has 140 valence electrons. The summed E-state index contributed by atoms with van der Waals surface area (Å²) in [5, 5.41) is 10.2. The summed E-state index contributed by atoms with van der Waals surface area (Å²) in [6.45, 7) is 1.09. The van der Waals surface area contributed by atoms with Gasteiger partial charge in [-0.25, -0.2) is 4.98 Å². The monoisotopic (exact) mass is 358 g/mol. The molecule has 0 saturated carbocycles. The van der Waals surface area contributed by atoms with Crippen molar-refractivity contribution in [1.82, 2.24) is 19.4 Å². The van der Waals surface area contributed by atoms with Gasteiger partial charge in [-0.3, -0.25) is 14.2 Å². The smallest absolute Gasteiger partial charge is 0.261 e. The fourth-order valence-electron chi connectivity index (χ4n) is 3.55. The third-order valence-corrected chi connectivity index (χ3v) is 5.17. The van der Waals surface area contributed by atoms with Crippen LogP contribution in [0.2, 0.25) is 0 Å². The first-order valence-electron chi connectivity index (χ1n) is 9.02. The highest BCUT2D eigenvalue weighted by atomic mass is 16.3. The van der Waals surface area contributed by atoms with Crippen LogP contribution >= 0.6 is 0 Å². The lowest BCUT2D eigenvalue weighted by molar-refractivity contribution is -0.133. The first kappa shape index (κ1) is 18.5. The Morgan fingerprint density at radius 2 is 2.12 bits per heavy atom.